The number of piperazine rings is 1. The number of benzene rings is 2. The van der Waals surface area contributed by atoms with Crippen molar-refractivity contribution in [1.29, 1.82) is 0 Å². The molecule has 202 valence electrons. The normalized spacial score (nSPS) is 21.5. The van der Waals surface area contributed by atoms with Gasteiger partial charge in [0.2, 0.25) is 5.79 Å². The number of imidazole rings is 1. The van der Waals surface area contributed by atoms with Gasteiger partial charge in [0, 0.05) is 67.5 Å². The molecule has 0 saturated carbocycles. The molecule has 1 N–H and O–H groups in total. The topological polar surface area (TPSA) is 81.1 Å². The number of urea groups is 1. The van der Waals surface area contributed by atoms with Gasteiger partial charge in [-0.1, -0.05) is 35.3 Å². The van der Waals surface area contributed by atoms with Crippen LogP contribution in [0.4, 0.5) is 10.5 Å². The molecule has 38 heavy (non-hydrogen) atoms. The zero-order chi connectivity index (χ0) is 26.5. The molecular formula is C27H31Cl2N5O4. The average Bonchev–Trinajstić information content (AvgIpc) is 3.58. The number of ether oxygens (including phenoxy) is 3. The zero-order valence-electron chi connectivity index (χ0n) is 21.2. The lowest BCUT2D eigenvalue weighted by molar-refractivity contribution is -0.189. The van der Waals surface area contributed by atoms with E-state index in [9.17, 15) is 4.79 Å². The second kappa shape index (κ2) is 11.8. The predicted octanol–water partition coefficient (Wildman–Crippen LogP) is 4.39. The Morgan fingerprint density at radius 1 is 1.18 bits per heavy atom. The molecular weight excluding hydrogens is 529 g/mol. The van der Waals surface area contributed by atoms with Gasteiger partial charge in [0.1, 0.15) is 18.5 Å². The molecule has 0 aliphatic carbocycles. The molecule has 0 unspecified atom stereocenters. The number of carbonyl (C=O) groups excluding carboxylic acids is 1. The van der Waals surface area contributed by atoms with Gasteiger partial charge in [-0.3, -0.25) is 0 Å². The van der Waals surface area contributed by atoms with E-state index in [-0.39, 0.29) is 12.1 Å². The third-order valence-corrected chi connectivity index (χ3v) is 7.21. The van der Waals surface area contributed by atoms with Crippen LogP contribution in [0.2, 0.25) is 10.0 Å². The fourth-order valence-corrected chi connectivity index (χ4v) is 5.32. The zero-order valence-corrected chi connectivity index (χ0v) is 22.7. The molecule has 2 aliphatic heterocycles. The molecule has 5 rings (SSSR count). The molecule has 2 atom stereocenters. The van der Waals surface area contributed by atoms with Crippen molar-refractivity contribution in [2.24, 2.45) is 0 Å². The number of hydrogen-bond acceptors (Lipinski definition) is 6. The number of amides is 2. The first-order valence-corrected chi connectivity index (χ1v) is 13.4. The van der Waals surface area contributed by atoms with Crippen LogP contribution in [-0.2, 0) is 21.8 Å². The number of hydrogen-bond donors (Lipinski definition) is 1. The maximum absolute atomic E-state index is 12.1. The van der Waals surface area contributed by atoms with E-state index in [0.717, 1.165) is 24.5 Å². The highest BCUT2D eigenvalue weighted by atomic mass is 35.5. The van der Waals surface area contributed by atoms with Gasteiger partial charge in [-0.25, -0.2) is 9.78 Å². The molecule has 0 radical (unpaired) electrons. The van der Waals surface area contributed by atoms with Crippen LogP contribution in [0.25, 0.3) is 0 Å². The van der Waals surface area contributed by atoms with E-state index < -0.39 is 5.79 Å². The SMILES string of the molecule is CCNC(=O)N1CCN(c2cccc(OC[C@H]3CO[C@](Cn4ccnc4)(c4ccc(Cl)cc4Cl)O3)c2)CC1. The number of carbonyl (C=O) groups is 1. The minimum Gasteiger partial charge on any atom is -0.491 e. The standard InChI is InChI=1S/C27H31Cl2N5O4/c1-2-31-26(35)34-12-10-33(11-13-34)21-4-3-5-22(15-21)36-16-23-17-37-27(38-23,18-32-9-8-30-19-32)24-7-6-20(28)14-25(24)29/h3-9,14-15,19,23H,2,10-13,16-18H2,1H3,(H,31,35)/t23-,27-/m0/s1. The van der Waals surface area contributed by atoms with Gasteiger partial charge >= 0.3 is 6.03 Å². The van der Waals surface area contributed by atoms with Crippen molar-refractivity contribution >= 4 is 34.9 Å². The maximum Gasteiger partial charge on any atom is 0.317 e. The largest absolute Gasteiger partial charge is 0.491 e. The number of halogens is 2. The summed E-state index contributed by atoms with van der Waals surface area (Å²) in [6, 6.07) is 13.3. The third-order valence-electron chi connectivity index (χ3n) is 6.66. The van der Waals surface area contributed by atoms with E-state index in [0.29, 0.717) is 55.0 Å². The van der Waals surface area contributed by atoms with Crippen LogP contribution in [-0.4, -0.2) is 72.5 Å². The van der Waals surface area contributed by atoms with Crippen molar-refractivity contribution in [2.75, 3.05) is 50.8 Å². The molecule has 1 aromatic heterocycles. The Balaban J connectivity index is 1.22. The van der Waals surface area contributed by atoms with Crippen molar-refractivity contribution in [3.05, 3.63) is 76.8 Å². The van der Waals surface area contributed by atoms with Crippen molar-refractivity contribution in [2.45, 2.75) is 25.4 Å². The van der Waals surface area contributed by atoms with Gasteiger partial charge in [0.25, 0.3) is 0 Å². The van der Waals surface area contributed by atoms with E-state index >= 15 is 0 Å². The fraction of sp³-hybridized carbons (Fsp3) is 0.407. The van der Waals surface area contributed by atoms with Crippen LogP contribution in [0.15, 0.2) is 61.2 Å². The Kier molecular flexibility index (Phi) is 8.28. The minimum absolute atomic E-state index is 0.00739. The van der Waals surface area contributed by atoms with Crippen molar-refractivity contribution in [3.63, 3.8) is 0 Å². The molecule has 2 fully saturated rings. The molecule has 0 bridgehead atoms. The van der Waals surface area contributed by atoms with Gasteiger partial charge in [0.05, 0.1) is 24.5 Å². The number of nitrogens with one attached hydrogen (secondary N) is 1. The highest BCUT2D eigenvalue weighted by molar-refractivity contribution is 6.35. The Labute approximate surface area is 232 Å². The summed E-state index contributed by atoms with van der Waals surface area (Å²) < 4.78 is 20.8. The lowest BCUT2D eigenvalue weighted by atomic mass is 10.1. The lowest BCUT2D eigenvalue weighted by Crippen LogP contribution is -2.51. The van der Waals surface area contributed by atoms with Crippen molar-refractivity contribution < 1.29 is 19.0 Å². The van der Waals surface area contributed by atoms with Gasteiger partial charge < -0.3 is 33.9 Å². The first-order chi connectivity index (χ1) is 18.5. The molecule has 0 spiro atoms. The Hall–Kier alpha value is -2.98. The van der Waals surface area contributed by atoms with Crippen molar-refractivity contribution in [3.8, 4) is 5.75 Å². The molecule has 3 heterocycles. The predicted molar refractivity (Wildman–Crippen MR) is 146 cm³/mol. The number of anilines is 1. The van der Waals surface area contributed by atoms with Crippen LogP contribution in [0.3, 0.4) is 0 Å². The Morgan fingerprint density at radius 2 is 2.03 bits per heavy atom. The molecule has 3 aromatic rings. The summed E-state index contributed by atoms with van der Waals surface area (Å²) in [7, 11) is 0. The Morgan fingerprint density at radius 3 is 2.76 bits per heavy atom. The van der Waals surface area contributed by atoms with Gasteiger partial charge in [-0.15, -0.1) is 0 Å². The fourth-order valence-electron chi connectivity index (χ4n) is 4.77. The van der Waals surface area contributed by atoms with E-state index in [1.54, 1.807) is 24.7 Å². The van der Waals surface area contributed by atoms with Gasteiger partial charge in [-0.2, -0.15) is 0 Å². The maximum atomic E-state index is 12.1. The molecule has 2 saturated heterocycles. The highest BCUT2D eigenvalue weighted by Gasteiger charge is 2.45. The van der Waals surface area contributed by atoms with E-state index in [2.05, 4.69) is 21.3 Å². The first kappa shape index (κ1) is 26.6. The molecule has 2 aliphatic rings. The second-order valence-corrected chi connectivity index (χ2v) is 10.1. The van der Waals surface area contributed by atoms with E-state index in [4.69, 9.17) is 37.4 Å². The van der Waals surface area contributed by atoms with Gasteiger partial charge in [0.15, 0.2) is 0 Å². The summed E-state index contributed by atoms with van der Waals surface area (Å²) in [5.74, 6) is -0.351. The van der Waals surface area contributed by atoms with Crippen molar-refractivity contribution in [1.82, 2.24) is 19.8 Å². The van der Waals surface area contributed by atoms with Crippen LogP contribution in [0.5, 0.6) is 5.75 Å². The van der Waals surface area contributed by atoms with Crippen LogP contribution < -0.4 is 15.0 Å². The summed E-state index contributed by atoms with van der Waals surface area (Å²) in [5.41, 5.74) is 1.76. The van der Waals surface area contributed by atoms with E-state index in [1.807, 2.05) is 46.9 Å². The summed E-state index contributed by atoms with van der Waals surface area (Å²) in [4.78, 5) is 20.3. The number of rotatable bonds is 8. The smallest absolute Gasteiger partial charge is 0.317 e. The number of nitrogens with zero attached hydrogens (tertiary/aromatic N) is 4. The van der Waals surface area contributed by atoms with Gasteiger partial charge in [-0.05, 0) is 31.2 Å². The minimum atomic E-state index is -1.10. The Bertz CT molecular complexity index is 1240. The van der Waals surface area contributed by atoms with Crippen LogP contribution >= 0.6 is 23.2 Å². The van der Waals surface area contributed by atoms with Crippen LogP contribution in [0.1, 0.15) is 12.5 Å². The summed E-state index contributed by atoms with van der Waals surface area (Å²) >= 11 is 12.7. The molecule has 2 amide bonds. The summed E-state index contributed by atoms with van der Waals surface area (Å²) in [5, 5.41) is 3.88. The third kappa shape index (κ3) is 6.02. The summed E-state index contributed by atoms with van der Waals surface area (Å²) in [6.07, 6.45) is 4.96. The quantitative estimate of drug-likeness (QED) is 0.441. The summed E-state index contributed by atoms with van der Waals surface area (Å²) in [6.45, 7) is 6.47. The monoisotopic (exact) mass is 559 g/mol. The van der Waals surface area contributed by atoms with Crippen LogP contribution in [0, 0.1) is 0 Å². The molecule has 2 aromatic carbocycles. The average molecular weight is 560 g/mol. The number of aromatic nitrogens is 2. The molecule has 9 nitrogen and oxygen atoms in total. The molecule has 11 heteroatoms. The lowest BCUT2D eigenvalue weighted by Gasteiger charge is -2.36. The highest BCUT2D eigenvalue weighted by Crippen LogP contribution is 2.40. The van der Waals surface area contributed by atoms with E-state index in [1.165, 1.54) is 0 Å². The first-order valence-electron chi connectivity index (χ1n) is 12.7. The second-order valence-electron chi connectivity index (χ2n) is 9.28.